The number of hydrogen-bond donors (Lipinski definition) is 1. The van der Waals surface area contributed by atoms with Gasteiger partial charge in [0.2, 0.25) is 0 Å². The molecule has 0 fully saturated rings. The summed E-state index contributed by atoms with van der Waals surface area (Å²) in [7, 11) is 0. The molecule has 0 atom stereocenters. The topological polar surface area (TPSA) is 38.5 Å². The highest BCUT2D eigenvalue weighted by molar-refractivity contribution is 5.34. The van der Waals surface area contributed by atoms with Crippen LogP contribution in [-0.2, 0) is 19.6 Å². The van der Waals surface area contributed by atoms with Gasteiger partial charge < -0.3 is 10.5 Å². The molecule has 0 saturated heterocycles. The van der Waals surface area contributed by atoms with Crippen molar-refractivity contribution in [2.75, 3.05) is 13.2 Å². The number of rotatable bonds is 3. The fraction of sp³-hybridized carbons (Fsp3) is 0.294. The predicted octanol–water partition coefficient (Wildman–Crippen LogP) is 2.54. The zero-order valence-corrected chi connectivity index (χ0v) is 11.6. The van der Waals surface area contributed by atoms with Gasteiger partial charge in [-0.3, -0.25) is 4.90 Å². The maximum absolute atomic E-state index is 5.82. The van der Waals surface area contributed by atoms with Crippen molar-refractivity contribution >= 4 is 0 Å². The number of fused-ring (bicyclic) bond motifs is 1. The minimum atomic E-state index is 0.594. The lowest BCUT2D eigenvalue weighted by Gasteiger charge is -2.20. The molecule has 2 aromatic rings. The zero-order valence-electron chi connectivity index (χ0n) is 11.6. The molecule has 0 aliphatic carbocycles. The highest BCUT2D eigenvalue weighted by Gasteiger charge is 2.15. The summed E-state index contributed by atoms with van der Waals surface area (Å²) in [5.74, 6) is 1.02. The van der Waals surface area contributed by atoms with Gasteiger partial charge in [-0.05, 0) is 17.2 Å². The molecule has 0 saturated carbocycles. The maximum Gasteiger partial charge on any atom is 0.123 e. The molecule has 3 rings (SSSR count). The van der Waals surface area contributed by atoms with Crippen LogP contribution >= 0.6 is 0 Å². The van der Waals surface area contributed by atoms with Gasteiger partial charge in [-0.2, -0.15) is 0 Å². The first kappa shape index (κ1) is 13.2. The monoisotopic (exact) mass is 268 g/mol. The third kappa shape index (κ3) is 2.84. The summed E-state index contributed by atoms with van der Waals surface area (Å²) in [6.45, 7) is 4.12. The van der Waals surface area contributed by atoms with Crippen LogP contribution in [0.5, 0.6) is 5.75 Å². The van der Waals surface area contributed by atoms with E-state index in [-0.39, 0.29) is 0 Å². The predicted molar refractivity (Wildman–Crippen MR) is 80.4 cm³/mol. The quantitative estimate of drug-likeness (QED) is 0.929. The fourth-order valence-electron chi connectivity index (χ4n) is 2.67. The molecular formula is C17H20N2O. The van der Waals surface area contributed by atoms with Crippen LogP contribution in [0, 0.1) is 0 Å². The number of hydrogen-bond acceptors (Lipinski definition) is 3. The molecule has 0 spiro atoms. The van der Waals surface area contributed by atoms with Crippen molar-refractivity contribution in [1.82, 2.24) is 4.90 Å². The second kappa shape index (κ2) is 6.07. The van der Waals surface area contributed by atoms with Crippen LogP contribution < -0.4 is 10.5 Å². The SMILES string of the molecule is NCc1ccccc1CN1CCOc2ccccc2C1. The van der Waals surface area contributed by atoms with E-state index >= 15 is 0 Å². The summed E-state index contributed by atoms with van der Waals surface area (Å²) in [4.78, 5) is 2.42. The van der Waals surface area contributed by atoms with E-state index in [0.29, 0.717) is 6.54 Å². The number of benzene rings is 2. The summed E-state index contributed by atoms with van der Waals surface area (Å²) >= 11 is 0. The van der Waals surface area contributed by atoms with Crippen LogP contribution in [0.1, 0.15) is 16.7 Å². The molecule has 20 heavy (non-hydrogen) atoms. The molecule has 0 aromatic heterocycles. The Kier molecular flexibility index (Phi) is 4.00. The minimum Gasteiger partial charge on any atom is -0.492 e. The Labute approximate surface area is 120 Å². The zero-order chi connectivity index (χ0) is 13.8. The van der Waals surface area contributed by atoms with Gasteiger partial charge in [0.1, 0.15) is 12.4 Å². The fourth-order valence-corrected chi connectivity index (χ4v) is 2.67. The molecule has 104 valence electrons. The Balaban J connectivity index is 1.78. The molecule has 1 aliphatic heterocycles. The van der Waals surface area contributed by atoms with Gasteiger partial charge in [-0.25, -0.2) is 0 Å². The van der Waals surface area contributed by atoms with Crippen molar-refractivity contribution in [1.29, 1.82) is 0 Å². The van der Waals surface area contributed by atoms with Gasteiger partial charge in [-0.1, -0.05) is 42.5 Å². The van der Waals surface area contributed by atoms with Gasteiger partial charge >= 0.3 is 0 Å². The Bertz CT molecular complexity index is 583. The van der Waals surface area contributed by atoms with Gasteiger partial charge in [0.15, 0.2) is 0 Å². The van der Waals surface area contributed by atoms with E-state index in [0.717, 1.165) is 32.0 Å². The molecule has 3 nitrogen and oxygen atoms in total. The molecule has 0 radical (unpaired) electrons. The van der Waals surface area contributed by atoms with E-state index < -0.39 is 0 Å². The molecule has 0 unspecified atom stereocenters. The van der Waals surface area contributed by atoms with Crippen molar-refractivity contribution in [2.45, 2.75) is 19.6 Å². The smallest absolute Gasteiger partial charge is 0.123 e. The number of ether oxygens (including phenoxy) is 1. The lowest BCUT2D eigenvalue weighted by molar-refractivity contribution is 0.219. The number of para-hydroxylation sites is 1. The first-order valence-electron chi connectivity index (χ1n) is 7.07. The number of nitrogens with two attached hydrogens (primary N) is 1. The molecular weight excluding hydrogens is 248 g/mol. The second-order valence-corrected chi connectivity index (χ2v) is 5.14. The lowest BCUT2D eigenvalue weighted by Crippen LogP contribution is -2.26. The third-order valence-electron chi connectivity index (χ3n) is 3.76. The van der Waals surface area contributed by atoms with Crippen LogP contribution in [0.4, 0.5) is 0 Å². The molecule has 1 heterocycles. The first-order valence-corrected chi connectivity index (χ1v) is 7.07. The van der Waals surface area contributed by atoms with Crippen LogP contribution in [0.3, 0.4) is 0 Å². The summed E-state index contributed by atoms with van der Waals surface area (Å²) in [5, 5.41) is 0. The van der Waals surface area contributed by atoms with Gasteiger partial charge in [0.25, 0.3) is 0 Å². The average molecular weight is 268 g/mol. The molecule has 2 aromatic carbocycles. The van der Waals surface area contributed by atoms with Crippen LogP contribution in [-0.4, -0.2) is 18.1 Å². The summed E-state index contributed by atoms with van der Waals surface area (Å²) in [6, 6.07) is 16.7. The average Bonchev–Trinajstić information content (AvgIpc) is 2.69. The summed E-state index contributed by atoms with van der Waals surface area (Å²) in [5.41, 5.74) is 9.62. The van der Waals surface area contributed by atoms with E-state index in [1.54, 1.807) is 0 Å². The number of nitrogens with zero attached hydrogens (tertiary/aromatic N) is 1. The molecule has 2 N–H and O–H groups in total. The highest BCUT2D eigenvalue weighted by Crippen LogP contribution is 2.23. The molecule has 0 amide bonds. The summed E-state index contributed by atoms with van der Waals surface area (Å²) < 4.78 is 5.81. The van der Waals surface area contributed by atoms with E-state index in [4.69, 9.17) is 10.5 Å². The second-order valence-electron chi connectivity index (χ2n) is 5.14. The Hall–Kier alpha value is -1.84. The maximum atomic E-state index is 5.82. The van der Waals surface area contributed by atoms with E-state index in [1.165, 1.54) is 16.7 Å². The molecule has 0 bridgehead atoms. The van der Waals surface area contributed by atoms with Crippen LogP contribution in [0.15, 0.2) is 48.5 Å². The van der Waals surface area contributed by atoms with E-state index in [2.05, 4.69) is 35.2 Å². The largest absolute Gasteiger partial charge is 0.492 e. The normalized spacial score (nSPS) is 15.2. The first-order chi connectivity index (χ1) is 9.86. The Morgan fingerprint density at radius 2 is 1.75 bits per heavy atom. The van der Waals surface area contributed by atoms with Gasteiger partial charge in [0, 0.05) is 31.7 Å². The molecule has 1 aliphatic rings. The summed E-state index contributed by atoms with van der Waals surface area (Å²) in [6.07, 6.45) is 0. The standard InChI is InChI=1S/C17H20N2O/c18-11-14-5-1-2-6-15(14)12-19-9-10-20-17-8-4-3-7-16(17)13-19/h1-8H,9-13,18H2. The van der Waals surface area contributed by atoms with E-state index in [9.17, 15) is 0 Å². The van der Waals surface area contributed by atoms with Crippen LogP contribution in [0.2, 0.25) is 0 Å². The van der Waals surface area contributed by atoms with Crippen molar-refractivity contribution in [2.24, 2.45) is 5.73 Å². The highest BCUT2D eigenvalue weighted by atomic mass is 16.5. The van der Waals surface area contributed by atoms with Crippen LogP contribution in [0.25, 0.3) is 0 Å². The van der Waals surface area contributed by atoms with Crippen molar-refractivity contribution in [3.63, 3.8) is 0 Å². The van der Waals surface area contributed by atoms with Gasteiger partial charge in [-0.15, -0.1) is 0 Å². The lowest BCUT2D eigenvalue weighted by atomic mass is 10.1. The van der Waals surface area contributed by atoms with Crippen molar-refractivity contribution in [3.8, 4) is 5.75 Å². The van der Waals surface area contributed by atoms with Gasteiger partial charge in [0.05, 0.1) is 0 Å². The van der Waals surface area contributed by atoms with Crippen molar-refractivity contribution < 1.29 is 4.74 Å². The third-order valence-corrected chi connectivity index (χ3v) is 3.76. The Morgan fingerprint density at radius 3 is 2.60 bits per heavy atom. The Morgan fingerprint density at radius 1 is 1.00 bits per heavy atom. The van der Waals surface area contributed by atoms with Crippen molar-refractivity contribution in [3.05, 3.63) is 65.2 Å². The van der Waals surface area contributed by atoms with E-state index in [1.807, 2.05) is 18.2 Å². The minimum absolute atomic E-state index is 0.594. The molecule has 3 heteroatoms.